The lowest BCUT2D eigenvalue weighted by molar-refractivity contribution is -0.384. The molecule has 0 aliphatic rings. The van der Waals surface area contributed by atoms with Crippen LogP contribution in [0, 0.1) is 15.5 Å². The van der Waals surface area contributed by atoms with Gasteiger partial charge in [0.1, 0.15) is 0 Å². The number of ether oxygens (including phenoxy) is 1. The molecule has 0 unspecified atom stereocenters. The highest BCUT2D eigenvalue weighted by atomic mass is 16.6. The van der Waals surface area contributed by atoms with E-state index in [1.807, 2.05) is 20.8 Å². The Morgan fingerprint density at radius 1 is 1.24 bits per heavy atom. The van der Waals surface area contributed by atoms with E-state index < -0.39 is 16.8 Å². The predicted molar refractivity (Wildman–Crippen MR) is 76.8 cm³/mol. The van der Waals surface area contributed by atoms with E-state index in [1.165, 1.54) is 24.3 Å². The Morgan fingerprint density at radius 2 is 1.81 bits per heavy atom. The number of nitrogens with zero attached hydrogens (tertiary/aromatic N) is 1. The summed E-state index contributed by atoms with van der Waals surface area (Å²) in [6.07, 6.45) is 0.220. The van der Waals surface area contributed by atoms with Crippen molar-refractivity contribution in [3.05, 3.63) is 34.4 Å². The average Bonchev–Trinajstić information content (AvgIpc) is 2.35. The molecule has 0 aromatic heterocycles. The van der Waals surface area contributed by atoms with Gasteiger partial charge in [0, 0.05) is 17.8 Å². The summed E-state index contributed by atoms with van der Waals surface area (Å²) < 4.78 is 4.85. The van der Waals surface area contributed by atoms with Crippen molar-refractivity contribution in [1.82, 2.24) is 0 Å². The van der Waals surface area contributed by atoms with Crippen molar-refractivity contribution in [1.29, 1.82) is 0 Å². The van der Waals surface area contributed by atoms with Gasteiger partial charge in [0.05, 0.1) is 11.3 Å². The van der Waals surface area contributed by atoms with Gasteiger partial charge in [-0.2, -0.15) is 0 Å². The van der Waals surface area contributed by atoms with Crippen LogP contribution in [0.1, 0.15) is 27.2 Å². The van der Waals surface area contributed by atoms with E-state index in [4.69, 9.17) is 4.74 Å². The van der Waals surface area contributed by atoms with E-state index in [2.05, 4.69) is 5.32 Å². The molecule has 1 aromatic rings. The fourth-order valence-corrected chi connectivity index (χ4v) is 1.49. The molecule has 7 heteroatoms. The smallest absolute Gasteiger partial charge is 0.306 e. The number of amides is 1. The van der Waals surface area contributed by atoms with Gasteiger partial charge in [-0.1, -0.05) is 20.8 Å². The van der Waals surface area contributed by atoms with Crippen molar-refractivity contribution >= 4 is 23.3 Å². The molecular formula is C14H18N2O5. The highest BCUT2D eigenvalue weighted by molar-refractivity contribution is 5.92. The second kappa shape index (κ2) is 6.83. The van der Waals surface area contributed by atoms with Crippen LogP contribution in [-0.2, 0) is 14.3 Å². The standard InChI is InChI=1S/C14H18N2O5/c1-14(2,3)8-13(18)21-9-12(17)15-10-4-6-11(7-5-10)16(19)20/h4-7H,8-9H2,1-3H3,(H,15,17). The van der Waals surface area contributed by atoms with Crippen molar-refractivity contribution in [2.75, 3.05) is 11.9 Å². The molecule has 21 heavy (non-hydrogen) atoms. The summed E-state index contributed by atoms with van der Waals surface area (Å²) in [4.78, 5) is 33.0. The minimum Gasteiger partial charge on any atom is -0.456 e. The molecule has 1 amide bonds. The Morgan fingerprint density at radius 3 is 2.29 bits per heavy atom. The number of nitro benzene ring substituents is 1. The quantitative estimate of drug-likeness (QED) is 0.511. The molecular weight excluding hydrogens is 276 g/mol. The minimum atomic E-state index is -0.528. The van der Waals surface area contributed by atoms with Crippen LogP contribution < -0.4 is 5.32 Å². The van der Waals surface area contributed by atoms with Crippen LogP contribution in [0.3, 0.4) is 0 Å². The number of hydrogen-bond acceptors (Lipinski definition) is 5. The molecule has 0 aliphatic heterocycles. The lowest BCUT2D eigenvalue weighted by Crippen LogP contribution is -2.23. The monoisotopic (exact) mass is 294 g/mol. The third kappa shape index (κ3) is 6.51. The second-order valence-corrected chi connectivity index (χ2v) is 5.75. The van der Waals surface area contributed by atoms with Crippen molar-refractivity contribution < 1.29 is 19.2 Å². The molecule has 0 saturated heterocycles. The maximum absolute atomic E-state index is 11.6. The van der Waals surface area contributed by atoms with Gasteiger partial charge in [0.15, 0.2) is 6.61 Å². The van der Waals surface area contributed by atoms with Crippen molar-refractivity contribution in [3.63, 3.8) is 0 Å². The second-order valence-electron chi connectivity index (χ2n) is 5.75. The van der Waals surface area contributed by atoms with Crippen LogP contribution in [0.15, 0.2) is 24.3 Å². The maximum Gasteiger partial charge on any atom is 0.306 e. The van der Waals surface area contributed by atoms with E-state index in [0.29, 0.717) is 5.69 Å². The number of esters is 1. The van der Waals surface area contributed by atoms with Crippen molar-refractivity contribution in [2.24, 2.45) is 5.41 Å². The SMILES string of the molecule is CC(C)(C)CC(=O)OCC(=O)Nc1ccc([N+](=O)[O-])cc1. The zero-order valence-corrected chi connectivity index (χ0v) is 12.2. The largest absolute Gasteiger partial charge is 0.456 e. The molecule has 0 saturated carbocycles. The Bertz CT molecular complexity index is 531. The van der Waals surface area contributed by atoms with E-state index >= 15 is 0 Å². The fourth-order valence-electron chi connectivity index (χ4n) is 1.49. The number of carbonyl (C=O) groups is 2. The van der Waals surface area contributed by atoms with E-state index in [9.17, 15) is 19.7 Å². The summed E-state index contributed by atoms with van der Waals surface area (Å²) in [7, 11) is 0. The summed E-state index contributed by atoms with van der Waals surface area (Å²) in [5.74, 6) is -0.938. The molecule has 1 rings (SSSR count). The van der Waals surface area contributed by atoms with Crippen molar-refractivity contribution in [2.45, 2.75) is 27.2 Å². The number of hydrogen-bond donors (Lipinski definition) is 1. The molecule has 0 spiro atoms. The summed E-state index contributed by atoms with van der Waals surface area (Å²) in [6, 6.07) is 5.38. The Kier molecular flexibility index (Phi) is 5.40. The van der Waals surface area contributed by atoms with Gasteiger partial charge in [0.2, 0.25) is 0 Å². The van der Waals surface area contributed by atoms with Crippen LogP contribution in [0.4, 0.5) is 11.4 Å². The van der Waals surface area contributed by atoms with Gasteiger partial charge >= 0.3 is 5.97 Å². The molecule has 1 N–H and O–H groups in total. The fraction of sp³-hybridized carbons (Fsp3) is 0.429. The molecule has 0 bridgehead atoms. The first-order valence-corrected chi connectivity index (χ1v) is 6.37. The first-order chi connectivity index (χ1) is 9.67. The highest BCUT2D eigenvalue weighted by Gasteiger charge is 2.18. The van der Waals surface area contributed by atoms with Gasteiger partial charge in [-0.25, -0.2) is 0 Å². The molecule has 0 fully saturated rings. The van der Waals surface area contributed by atoms with Crippen LogP contribution in [0.2, 0.25) is 0 Å². The Hall–Kier alpha value is -2.44. The molecule has 7 nitrogen and oxygen atoms in total. The zero-order chi connectivity index (χ0) is 16.0. The van der Waals surface area contributed by atoms with Crippen LogP contribution in [-0.4, -0.2) is 23.4 Å². The molecule has 0 heterocycles. The lowest BCUT2D eigenvalue weighted by atomic mass is 9.93. The van der Waals surface area contributed by atoms with Gasteiger partial charge < -0.3 is 10.1 Å². The molecule has 1 aromatic carbocycles. The number of nitrogens with one attached hydrogen (secondary N) is 1. The molecule has 0 radical (unpaired) electrons. The number of carbonyl (C=O) groups excluding carboxylic acids is 2. The van der Waals surface area contributed by atoms with Crippen LogP contribution in [0.25, 0.3) is 0 Å². The number of anilines is 1. The Labute approximate surface area is 122 Å². The first kappa shape index (κ1) is 16.6. The number of benzene rings is 1. The van der Waals surface area contributed by atoms with Gasteiger partial charge in [-0.15, -0.1) is 0 Å². The predicted octanol–water partition coefficient (Wildman–Crippen LogP) is 2.51. The van der Waals surface area contributed by atoms with E-state index in [-0.39, 0.29) is 24.1 Å². The molecule has 0 aliphatic carbocycles. The summed E-state index contributed by atoms with van der Waals surface area (Å²) in [5, 5.41) is 13.0. The lowest BCUT2D eigenvalue weighted by Gasteiger charge is -2.16. The summed E-state index contributed by atoms with van der Waals surface area (Å²) >= 11 is 0. The minimum absolute atomic E-state index is 0.0652. The summed E-state index contributed by atoms with van der Waals surface area (Å²) in [6.45, 7) is 5.30. The van der Waals surface area contributed by atoms with Gasteiger partial charge in [-0.05, 0) is 17.5 Å². The third-order valence-electron chi connectivity index (χ3n) is 2.40. The van der Waals surface area contributed by atoms with Crippen LogP contribution in [0.5, 0.6) is 0 Å². The average molecular weight is 294 g/mol. The van der Waals surface area contributed by atoms with E-state index in [0.717, 1.165) is 0 Å². The maximum atomic E-state index is 11.6. The topological polar surface area (TPSA) is 98.5 Å². The van der Waals surface area contributed by atoms with Gasteiger partial charge in [-0.3, -0.25) is 19.7 Å². The van der Waals surface area contributed by atoms with Crippen molar-refractivity contribution in [3.8, 4) is 0 Å². The van der Waals surface area contributed by atoms with E-state index in [1.54, 1.807) is 0 Å². The number of non-ortho nitro benzene ring substituents is 1. The number of nitro groups is 1. The Balaban J connectivity index is 2.43. The number of rotatable bonds is 5. The molecule has 0 atom stereocenters. The van der Waals surface area contributed by atoms with Gasteiger partial charge in [0.25, 0.3) is 11.6 Å². The normalized spacial score (nSPS) is 10.8. The zero-order valence-electron chi connectivity index (χ0n) is 12.2. The first-order valence-electron chi connectivity index (χ1n) is 6.37. The highest BCUT2D eigenvalue weighted by Crippen LogP contribution is 2.19. The summed E-state index contributed by atoms with van der Waals surface area (Å²) in [5.41, 5.74) is 0.133. The third-order valence-corrected chi connectivity index (χ3v) is 2.40. The van der Waals surface area contributed by atoms with Crippen LogP contribution >= 0.6 is 0 Å². The molecule has 114 valence electrons.